The summed E-state index contributed by atoms with van der Waals surface area (Å²) in [5.74, 6) is 0. The minimum atomic E-state index is 0.693. The minimum absolute atomic E-state index is 0.693. The molecule has 1 aromatic rings. The van der Waals surface area contributed by atoms with E-state index in [0.29, 0.717) is 6.54 Å². The molecule has 2 heterocycles. The molecule has 0 atom stereocenters. The van der Waals surface area contributed by atoms with E-state index < -0.39 is 0 Å². The largest absolute Gasteiger partial charge is 0.304 e. The Bertz CT molecular complexity index is 347. The third-order valence-corrected chi connectivity index (χ3v) is 2.50. The Hall–Kier alpha value is -1.50. The Balaban J connectivity index is 2.29. The molecule has 0 fully saturated rings. The van der Waals surface area contributed by atoms with Crippen molar-refractivity contribution in [2.45, 2.75) is 26.3 Å². The summed E-state index contributed by atoms with van der Waals surface area (Å²) in [5.41, 5.74) is 3.60. The van der Waals surface area contributed by atoms with E-state index in [2.05, 4.69) is 23.3 Å². The molecule has 0 spiro atoms. The van der Waals surface area contributed by atoms with Gasteiger partial charge in [0.2, 0.25) is 0 Å². The van der Waals surface area contributed by atoms with Gasteiger partial charge in [-0.2, -0.15) is 10.4 Å². The van der Waals surface area contributed by atoms with Crippen molar-refractivity contribution in [3.63, 3.8) is 0 Å². The van der Waals surface area contributed by atoms with Gasteiger partial charge < -0.3 is 4.90 Å². The van der Waals surface area contributed by atoms with Crippen LogP contribution >= 0.6 is 0 Å². The zero-order valence-electron chi connectivity index (χ0n) is 7.67. The lowest BCUT2D eigenvalue weighted by atomic mass is 10.0. The summed E-state index contributed by atoms with van der Waals surface area (Å²) in [6.07, 6.45) is 4.08. The molecule has 1 aliphatic heterocycles. The molecule has 0 saturated heterocycles. The Labute approximate surface area is 77.2 Å². The maximum absolute atomic E-state index is 8.72. The predicted molar refractivity (Wildman–Crippen MR) is 47.7 cm³/mol. The molecule has 13 heavy (non-hydrogen) atoms. The van der Waals surface area contributed by atoms with Crippen LogP contribution in [0.5, 0.6) is 0 Å². The fraction of sp³-hybridized carbons (Fsp3) is 0.556. The standard InChI is InChI=1S/C9H12N4/c1-2-8-7-3-4-13(6-10)5-9(7)12-11-8/h2-5H2,1H3,(H,11,12). The summed E-state index contributed by atoms with van der Waals surface area (Å²) in [4.78, 5) is 1.75. The lowest BCUT2D eigenvalue weighted by Gasteiger charge is -2.20. The molecule has 0 amide bonds. The van der Waals surface area contributed by atoms with Crippen LogP contribution in [-0.2, 0) is 19.4 Å². The second-order valence-corrected chi connectivity index (χ2v) is 3.25. The van der Waals surface area contributed by atoms with Crippen LogP contribution in [0.3, 0.4) is 0 Å². The van der Waals surface area contributed by atoms with Crippen LogP contribution in [-0.4, -0.2) is 21.6 Å². The number of nitrogens with zero attached hydrogens (tertiary/aromatic N) is 3. The maximum Gasteiger partial charge on any atom is 0.179 e. The van der Waals surface area contributed by atoms with Gasteiger partial charge in [0.25, 0.3) is 0 Å². The first kappa shape index (κ1) is 8.11. The molecule has 0 aromatic carbocycles. The summed E-state index contributed by atoms with van der Waals surface area (Å²) < 4.78 is 0. The van der Waals surface area contributed by atoms with E-state index in [1.165, 1.54) is 5.56 Å². The van der Waals surface area contributed by atoms with E-state index in [9.17, 15) is 0 Å². The molecule has 1 N–H and O–H groups in total. The highest BCUT2D eigenvalue weighted by atomic mass is 15.2. The van der Waals surface area contributed by atoms with Crippen LogP contribution in [0.2, 0.25) is 0 Å². The minimum Gasteiger partial charge on any atom is -0.304 e. The van der Waals surface area contributed by atoms with Crippen molar-refractivity contribution in [3.8, 4) is 6.19 Å². The SMILES string of the molecule is CCc1n[nH]c2c1CCN(C#N)C2. The van der Waals surface area contributed by atoms with Crippen molar-refractivity contribution >= 4 is 0 Å². The zero-order chi connectivity index (χ0) is 9.26. The van der Waals surface area contributed by atoms with Crippen LogP contribution in [0, 0.1) is 11.5 Å². The first-order valence-electron chi connectivity index (χ1n) is 4.54. The average molecular weight is 176 g/mol. The summed E-state index contributed by atoms with van der Waals surface area (Å²) in [6.45, 7) is 3.63. The van der Waals surface area contributed by atoms with Gasteiger partial charge in [0, 0.05) is 6.54 Å². The first-order chi connectivity index (χ1) is 6.35. The van der Waals surface area contributed by atoms with Gasteiger partial charge in [-0.1, -0.05) is 6.92 Å². The number of aryl methyl sites for hydroxylation is 1. The van der Waals surface area contributed by atoms with E-state index in [4.69, 9.17) is 5.26 Å². The van der Waals surface area contributed by atoms with E-state index in [-0.39, 0.29) is 0 Å². The lowest BCUT2D eigenvalue weighted by molar-refractivity contribution is 0.363. The summed E-state index contributed by atoms with van der Waals surface area (Å²) >= 11 is 0. The molecule has 1 aromatic heterocycles. The van der Waals surface area contributed by atoms with Crippen LogP contribution in [0.15, 0.2) is 0 Å². The number of rotatable bonds is 1. The van der Waals surface area contributed by atoms with Crippen LogP contribution in [0.25, 0.3) is 0 Å². The summed E-state index contributed by atoms with van der Waals surface area (Å²) in [5, 5.41) is 15.9. The summed E-state index contributed by atoms with van der Waals surface area (Å²) in [7, 11) is 0. The molecule has 2 rings (SSSR count). The normalized spacial score (nSPS) is 15.2. The van der Waals surface area contributed by atoms with Crippen molar-refractivity contribution in [1.29, 1.82) is 5.26 Å². The Morgan fingerprint density at radius 2 is 2.54 bits per heavy atom. The predicted octanol–water partition coefficient (Wildman–Crippen LogP) is 0.811. The second-order valence-electron chi connectivity index (χ2n) is 3.25. The number of aromatic nitrogens is 2. The van der Waals surface area contributed by atoms with Crippen molar-refractivity contribution in [3.05, 3.63) is 17.0 Å². The average Bonchev–Trinajstić information content (AvgIpc) is 2.59. The number of nitriles is 1. The molecule has 0 radical (unpaired) electrons. The third-order valence-electron chi connectivity index (χ3n) is 2.50. The molecule has 0 aliphatic carbocycles. The number of hydrogen-bond acceptors (Lipinski definition) is 3. The third kappa shape index (κ3) is 1.26. The maximum atomic E-state index is 8.72. The first-order valence-corrected chi connectivity index (χ1v) is 4.54. The van der Waals surface area contributed by atoms with E-state index >= 15 is 0 Å². The lowest BCUT2D eigenvalue weighted by Crippen LogP contribution is -2.26. The van der Waals surface area contributed by atoms with Crippen molar-refractivity contribution in [2.24, 2.45) is 0 Å². The Morgan fingerprint density at radius 1 is 1.69 bits per heavy atom. The number of H-pyrrole nitrogens is 1. The molecule has 0 saturated carbocycles. The Morgan fingerprint density at radius 3 is 3.23 bits per heavy atom. The fourth-order valence-electron chi connectivity index (χ4n) is 1.76. The molecular weight excluding hydrogens is 164 g/mol. The quantitative estimate of drug-likeness (QED) is 0.644. The number of hydrogen-bond donors (Lipinski definition) is 1. The highest BCUT2D eigenvalue weighted by Crippen LogP contribution is 2.19. The van der Waals surface area contributed by atoms with Gasteiger partial charge in [-0.25, -0.2) is 0 Å². The van der Waals surface area contributed by atoms with Crippen LogP contribution < -0.4 is 0 Å². The molecule has 0 unspecified atom stereocenters. The molecule has 4 nitrogen and oxygen atoms in total. The monoisotopic (exact) mass is 176 g/mol. The van der Waals surface area contributed by atoms with Crippen LogP contribution in [0.1, 0.15) is 23.9 Å². The van der Waals surface area contributed by atoms with Crippen molar-refractivity contribution in [1.82, 2.24) is 15.1 Å². The van der Waals surface area contributed by atoms with Gasteiger partial charge in [0.15, 0.2) is 6.19 Å². The van der Waals surface area contributed by atoms with Gasteiger partial charge in [-0.15, -0.1) is 0 Å². The Kier molecular flexibility index (Phi) is 1.93. The summed E-state index contributed by atoms with van der Waals surface area (Å²) in [6, 6.07) is 0. The van der Waals surface area contributed by atoms with Gasteiger partial charge in [-0.3, -0.25) is 5.10 Å². The molecular formula is C9H12N4. The second kappa shape index (κ2) is 3.09. The highest BCUT2D eigenvalue weighted by molar-refractivity contribution is 5.28. The van der Waals surface area contributed by atoms with Gasteiger partial charge in [-0.05, 0) is 18.4 Å². The van der Waals surface area contributed by atoms with Gasteiger partial charge in [0.05, 0.1) is 17.9 Å². The van der Waals surface area contributed by atoms with E-state index in [1.54, 1.807) is 4.90 Å². The van der Waals surface area contributed by atoms with E-state index in [1.807, 2.05) is 0 Å². The highest BCUT2D eigenvalue weighted by Gasteiger charge is 2.19. The fourth-order valence-corrected chi connectivity index (χ4v) is 1.76. The molecule has 1 aliphatic rings. The molecule has 0 bridgehead atoms. The number of nitrogens with one attached hydrogen (secondary N) is 1. The molecule has 4 heteroatoms. The smallest absolute Gasteiger partial charge is 0.179 e. The van der Waals surface area contributed by atoms with Gasteiger partial charge >= 0.3 is 0 Å². The van der Waals surface area contributed by atoms with Crippen molar-refractivity contribution in [2.75, 3.05) is 6.54 Å². The van der Waals surface area contributed by atoms with Gasteiger partial charge in [0.1, 0.15) is 0 Å². The topological polar surface area (TPSA) is 55.7 Å². The number of fused-ring (bicyclic) bond motifs is 1. The van der Waals surface area contributed by atoms with Crippen LogP contribution in [0.4, 0.5) is 0 Å². The number of aromatic amines is 1. The zero-order valence-corrected chi connectivity index (χ0v) is 7.67. The molecule has 68 valence electrons. The van der Waals surface area contributed by atoms with Crippen molar-refractivity contribution < 1.29 is 0 Å². The van der Waals surface area contributed by atoms with E-state index in [0.717, 1.165) is 30.8 Å².